The number of fused-ring (bicyclic) bond motifs is 1. The summed E-state index contributed by atoms with van der Waals surface area (Å²) in [6.45, 7) is 0. The molecular weight excluding hydrogens is 152 g/mol. The average Bonchev–Trinajstić information content (AvgIpc) is 2.47. The van der Waals surface area contributed by atoms with Gasteiger partial charge in [-0.2, -0.15) is 5.26 Å². The molecule has 2 rings (SSSR count). The Kier molecular flexibility index (Phi) is 1.25. The summed E-state index contributed by atoms with van der Waals surface area (Å²) in [6.07, 6.45) is 3.30. The zero-order chi connectivity index (χ0) is 8.55. The lowest BCUT2D eigenvalue weighted by molar-refractivity contribution is 1.19. The summed E-state index contributed by atoms with van der Waals surface area (Å²) >= 11 is 0. The fraction of sp³-hybridized carbons (Fsp3) is 0. The van der Waals surface area contributed by atoms with Crippen LogP contribution in [0.25, 0.3) is 5.65 Å². The highest BCUT2D eigenvalue weighted by Gasteiger charge is 1.98. The van der Waals surface area contributed by atoms with Crippen LogP contribution in [0.3, 0.4) is 0 Å². The van der Waals surface area contributed by atoms with Crippen molar-refractivity contribution in [3.05, 3.63) is 30.1 Å². The van der Waals surface area contributed by atoms with E-state index in [1.165, 1.54) is 0 Å². The third-order valence-corrected chi connectivity index (χ3v) is 1.67. The zero-order valence-electron chi connectivity index (χ0n) is 6.23. The minimum absolute atomic E-state index is 0.578. The van der Waals surface area contributed by atoms with Gasteiger partial charge in [-0.3, -0.25) is 4.40 Å². The minimum Gasteiger partial charge on any atom is -0.383 e. The molecule has 0 aliphatic carbocycles. The second-order valence-electron chi connectivity index (χ2n) is 2.44. The summed E-state index contributed by atoms with van der Waals surface area (Å²) in [5.74, 6) is 0.578. The summed E-state index contributed by atoms with van der Waals surface area (Å²) < 4.78 is 1.72. The number of nitrogens with zero attached hydrogens (tertiary/aromatic N) is 3. The molecule has 58 valence electrons. The van der Waals surface area contributed by atoms with E-state index in [4.69, 9.17) is 11.0 Å². The normalized spacial score (nSPS) is 9.92. The topological polar surface area (TPSA) is 67.1 Å². The van der Waals surface area contributed by atoms with Crippen molar-refractivity contribution in [1.82, 2.24) is 9.38 Å². The fourth-order valence-corrected chi connectivity index (χ4v) is 1.07. The Morgan fingerprint density at radius 1 is 1.58 bits per heavy atom. The number of hydrogen-bond donors (Lipinski definition) is 1. The Bertz CT molecular complexity index is 463. The monoisotopic (exact) mass is 158 g/mol. The lowest BCUT2D eigenvalue weighted by Crippen LogP contribution is -1.91. The molecule has 2 heterocycles. The van der Waals surface area contributed by atoms with Gasteiger partial charge in [-0.1, -0.05) is 0 Å². The maximum Gasteiger partial charge on any atom is 0.139 e. The van der Waals surface area contributed by atoms with Crippen LogP contribution < -0.4 is 5.73 Å². The molecule has 12 heavy (non-hydrogen) atoms. The van der Waals surface area contributed by atoms with Gasteiger partial charge >= 0.3 is 0 Å². The number of imidazole rings is 1. The van der Waals surface area contributed by atoms with Crippen LogP contribution in [0.15, 0.2) is 24.5 Å². The predicted octanol–water partition coefficient (Wildman–Crippen LogP) is 0.788. The van der Waals surface area contributed by atoms with Gasteiger partial charge < -0.3 is 5.73 Å². The van der Waals surface area contributed by atoms with Gasteiger partial charge in [-0.05, 0) is 12.1 Å². The molecule has 2 aromatic heterocycles. The van der Waals surface area contributed by atoms with Crippen molar-refractivity contribution < 1.29 is 0 Å². The van der Waals surface area contributed by atoms with Crippen molar-refractivity contribution in [3.8, 4) is 6.07 Å². The Morgan fingerprint density at radius 2 is 2.42 bits per heavy atom. The third kappa shape index (κ3) is 0.805. The lowest BCUT2D eigenvalue weighted by Gasteiger charge is -1.94. The molecule has 0 aliphatic rings. The van der Waals surface area contributed by atoms with E-state index in [9.17, 15) is 0 Å². The molecule has 0 unspecified atom stereocenters. The van der Waals surface area contributed by atoms with Crippen LogP contribution in [0, 0.1) is 11.3 Å². The van der Waals surface area contributed by atoms with Crippen LogP contribution in [0.2, 0.25) is 0 Å². The number of nitrogens with two attached hydrogens (primary N) is 1. The van der Waals surface area contributed by atoms with Crippen molar-refractivity contribution >= 4 is 11.5 Å². The molecule has 0 radical (unpaired) electrons. The van der Waals surface area contributed by atoms with Crippen LogP contribution in [-0.4, -0.2) is 9.38 Å². The van der Waals surface area contributed by atoms with E-state index >= 15 is 0 Å². The van der Waals surface area contributed by atoms with Gasteiger partial charge in [0.1, 0.15) is 11.5 Å². The molecular formula is C8H6N4. The average molecular weight is 158 g/mol. The van der Waals surface area contributed by atoms with Crippen LogP contribution in [0.1, 0.15) is 5.56 Å². The number of aromatic nitrogens is 2. The first-order chi connectivity index (χ1) is 5.81. The van der Waals surface area contributed by atoms with Crippen molar-refractivity contribution in [3.63, 3.8) is 0 Å². The Morgan fingerprint density at radius 3 is 3.17 bits per heavy atom. The second kappa shape index (κ2) is 2.24. The molecule has 2 N–H and O–H groups in total. The number of nitrogen functional groups attached to an aromatic ring is 1. The number of anilines is 1. The Hall–Kier alpha value is -2.02. The van der Waals surface area contributed by atoms with Gasteiger partial charge in [0, 0.05) is 6.20 Å². The first kappa shape index (κ1) is 6.68. The van der Waals surface area contributed by atoms with Gasteiger partial charge in [0.2, 0.25) is 0 Å². The maximum absolute atomic E-state index is 8.59. The Balaban J connectivity index is 2.80. The van der Waals surface area contributed by atoms with E-state index in [1.807, 2.05) is 6.07 Å². The number of rotatable bonds is 0. The summed E-state index contributed by atoms with van der Waals surface area (Å²) in [7, 11) is 0. The van der Waals surface area contributed by atoms with Gasteiger partial charge in [0.05, 0.1) is 17.8 Å². The summed E-state index contributed by atoms with van der Waals surface area (Å²) in [5.41, 5.74) is 6.88. The highest BCUT2D eigenvalue weighted by Crippen LogP contribution is 2.09. The molecule has 2 aromatic rings. The van der Waals surface area contributed by atoms with E-state index in [0.717, 1.165) is 0 Å². The van der Waals surface area contributed by atoms with E-state index in [0.29, 0.717) is 17.0 Å². The second-order valence-corrected chi connectivity index (χ2v) is 2.44. The van der Waals surface area contributed by atoms with Crippen molar-refractivity contribution in [2.45, 2.75) is 0 Å². The van der Waals surface area contributed by atoms with Gasteiger partial charge in [-0.25, -0.2) is 4.98 Å². The van der Waals surface area contributed by atoms with Crippen molar-refractivity contribution in [2.24, 2.45) is 0 Å². The van der Waals surface area contributed by atoms with Crippen LogP contribution in [-0.2, 0) is 0 Å². The Labute approximate surface area is 68.9 Å². The summed E-state index contributed by atoms with van der Waals surface area (Å²) in [4.78, 5) is 4.01. The zero-order valence-corrected chi connectivity index (χ0v) is 6.23. The number of hydrogen-bond acceptors (Lipinski definition) is 3. The largest absolute Gasteiger partial charge is 0.383 e. The van der Waals surface area contributed by atoms with E-state index in [-0.39, 0.29) is 0 Å². The molecule has 0 fully saturated rings. The van der Waals surface area contributed by atoms with Gasteiger partial charge in [-0.15, -0.1) is 0 Å². The molecule has 4 nitrogen and oxygen atoms in total. The van der Waals surface area contributed by atoms with Crippen LogP contribution >= 0.6 is 0 Å². The molecule has 0 bridgehead atoms. The SMILES string of the molecule is N#Cc1ccn2c(N)cnc2c1. The predicted molar refractivity (Wildman–Crippen MR) is 44.3 cm³/mol. The fourth-order valence-electron chi connectivity index (χ4n) is 1.07. The minimum atomic E-state index is 0.578. The van der Waals surface area contributed by atoms with Gasteiger partial charge in [0.25, 0.3) is 0 Å². The first-order valence-electron chi connectivity index (χ1n) is 3.44. The summed E-state index contributed by atoms with van der Waals surface area (Å²) in [5, 5.41) is 8.59. The highest BCUT2D eigenvalue weighted by molar-refractivity contribution is 5.51. The number of nitriles is 1. The van der Waals surface area contributed by atoms with E-state index in [1.54, 1.807) is 28.9 Å². The molecule has 0 atom stereocenters. The maximum atomic E-state index is 8.59. The molecule has 0 amide bonds. The smallest absolute Gasteiger partial charge is 0.139 e. The summed E-state index contributed by atoms with van der Waals surface area (Å²) in [6, 6.07) is 5.42. The first-order valence-corrected chi connectivity index (χ1v) is 3.44. The molecule has 0 aliphatic heterocycles. The molecule has 0 spiro atoms. The standard InChI is InChI=1S/C8H6N4/c9-4-6-1-2-12-7(10)5-11-8(12)3-6/h1-3,5H,10H2. The lowest BCUT2D eigenvalue weighted by atomic mass is 10.3. The van der Waals surface area contributed by atoms with Crippen LogP contribution in [0.5, 0.6) is 0 Å². The molecule has 0 aromatic carbocycles. The van der Waals surface area contributed by atoms with Crippen molar-refractivity contribution in [2.75, 3.05) is 5.73 Å². The van der Waals surface area contributed by atoms with Crippen molar-refractivity contribution in [1.29, 1.82) is 5.26 Å². The van der Waals surface area contributed by atoms with Crippen LogP contribution in [0.4, 0.5) is 5.82 Å². The third-order valence-electron chi connectivity index (χ3n) is 1.67. The van der Waals surface area contributed by atoms with E-state index < -0.39 is 0 Å². The molecule has 0 saturated carbocycles. The molecule has 4 heteroatoms. The quantitative estimate of drug-likeness (QED) is 0.616. The van der Waals surface area contributed by atoms with E-state index in [2.05, 4.69) is 4.98 Å². The highest BCUT2D eigenvalue weighted by atomic mass is 15.1. The number of pyridine rings is 1. The van der Waals surface area contributed by atoms with Gasteiger partial charge in [0.15, 0.2) is 0 Å². The molecule has 0 saturated heterocycles.